The Morgan fingerprint density at radius 3 is 1.53 bits per heavy atom. The standard InChI is InChI=1S/C43H27N3S/c1-3-12-28(13-4-1)41-44-42(29-14-5-2-6-15-29)46-43(45-41)33-19-10-17-31(27-33)30-16-9-18-32(26-30)34-21-11-22-36-35(34)24-25-39-40(36)37-20-7-8-23-38(37)47-39/h1-27H. The number of hydrogen-bond acceptors (Lipinski definition) is 4. The molecule has 2 aromatic heterocycles. The van der Waals surface area contributed by atoms with Gasteiger partial charge in [0.1, 0.15) is 0 Å². The lowest BCUT2D eigenvalue weighted by molar-refractivity contribution is 1.07. The fourth-order valence-corrected chi connectivity index (χ4v) is 7.60. The van der Waals surface area contributed by atoms with E-state index >= 15 is 0 Å². The Morgan fingerprint density at radius 1 is 0.319 bits per heavy atom. The number of fused-ring (bicyclic) bond motifs is 5. The van der Waals surface area contributed by atoms with Crippen molar-refractivity contribution in [2.75, 3.05) is 0 Å². The molecule has 2 heterocycles. The molecule has 0 N–H and O–H groups in total. The van der Waals surface area contributed by atoms with E-state index < -0.39 is 0 Å². The van der Waals surface area contributed by atoms with E-state index in [0.29, 0.717) is 17.5 Å². The van der Waals surface area contributed by atoms with E-state index in [1.165, 1.54) is 42.1 Å². The Hall–Kier alpha value is -5.97. The van der Waals surface area contributed by atoms with E-state index in [4.69, 9.17) is 15.0 Å². The summed E-state index contributed by atoms with van der Waals surface area (Å²) in [6.45, 7) is 0. The highest BCUT2D eigenvalue weighted by atomic mass is 32.1. The third-order valence-corrected chi connectivity index (χ3v) is 9.86. The van der Waals surface area contributed by atoms with Crippen LogP contribution in [0.3, 0.4) is 0 Å². The molecule has 0 aliphatic carbocycles. The van der Waals surface area contributed by atoms with E-state index in [-0.39, 0.29) is 0 Å². The third kappa shape index (κ3) is 4.96. The first-order valence-electron chi connectivity index (χ1n) is 15.7. The molecule has 0 atom stereocenters. The van der Waals surface area contributed by atoms with Gasteiger partial charge in [-0.2, -0.15) is 0 Å². The van der Waals surface area contributed by atoms with Gasteiger partial charge in [0.25, 0.3) is 0 Å². The van der Waals surface area contributed by atoms with Crippen LogP contribution >= 0.6 is 11.3 Å². The summed E-state index contributed by atoms with van der Waals surface area (Å²) >= 11 is 1.86. The van der Waals surface area contributed by atoms with E-state index in [9.17, 15) is 0 Å². The van der Waals surface area contributed by atoms with Crippen LogP contribution in [0.25, 0.3) is 87.4 Å². The van der Waals surface area contributed by atoms with E-state index in [2.05, 4.69) is 103 Å². The molecule has 47 heavy (non-hydrogen) atoms. The zero-order valence-electron chi connectivity index (χ0n) is 25.3. The first-order chi connectivity index (χ1) is 23.3. The fraction of sp³-hybridized carbons (Fsp3) is 0. The van der Waals surface area contributed by atoms with Crippen molar-refractivity contribution in [3.8, 4) is 56.4 Å². The quantitative estimate of drug-likeness (QED) is 0.193. The van der Waals surface area contributed by atoms with Gasteiger partial charge in [-0.05, 0) is 57.3 Å². The zero-order chi connectivity index (χ0) is 31.2. The van der Waals surface area contributed by atoms with Crippen molar-refractivity contribution < 1.29 is 0 Å². The van der Waals surface area contributed by atoms with E-state index in [1.54, 1.807) is 0 Å². The predicted molar refractivity (Wildman–Crippen MR) is 197 cm³/mol. The maximum atomic E-state index is 4.95. The molecular formula is C43H27N3S. The van der Waals surface area contributed by atoms with Gasteiger partial charge in [-0.25, -0.2) is 15.0 Å². The fourth-order valence-electron chi connectivity index (χ4n) is 6.47. The third-order valence-electron chi connectivity index (χ3n) is 8.73. The Morgan fingerprint density at radius 2 is 0.830 bits per heavy atom. The summed E-state index contributed by atoms with van der Waals surface area (Å²) in [7, 11) is 0. The molecule has 0 fully saturated rings. The molecule has 4 heteroatoms. The normalized spacial score (nSPS) is 11.4. The molecular weight excluding hydrogens is 591 g/mol. The second-order valence-electron chi connectivity index (χ2n) is 11.6. The highest BCUT2D eigenvalue weighted by Crippen LogP contribution is 2.41. The van der Waals surface area contributed by atoms with Crippen LogP contribution < -0.4 is 0 Å². The van der Waals surface area contributed by atoms with Crippen molar-refractivity contribution in [1.29, 1.82) is 0 Å². The average molecular weight is 618 g/mol. The van der Waals surface area contributed by atoms with Crippen LogP contribution in [0.4, 0.5) is 0 Å². The van der Waals surface area contributed by atoms with E-state index in [0.717, 1.165) is 27.8 Å². The van der Waals surface area contributed by atoms with Crippen LogP contribution in [-0.4, -0.2) is 15.0 Å². The van der Waals surface area contributed by atoms with E-state index in [1.807, 2.05) is 72.0 Å². The Bertz CT molecular complexity index is 2510. The number of nitrogens with zero attached hydrogens (tertiary/aromatic N) is 3. The maximum Gasteiger partial charge on any atom is 0.164 e. The number of hydrogen-bond donors (Lipinski definition) is 0. The lowest BCUT2D eigenvalue weighted by Crippen LogP contribution is -2.00. The first-order valence-corrected chi connectivity index (χ1v) is 16.5. The van der Waals surface area contributed by atoms with Crippen molar-refractivity contribution >= 4 is 42.3 Å². The smallest absolute Gasteiger partial charge is 0.164 e. The molecule has 0 aliphatic rings. The maximum absolute atomic E-state index is 4.95. The molecule has 0 aliphatic heterocycles. The molecule has 0 unspecified atom stereocenters. The van der Waals surface area contributed by atoms with Gasteiger partial charge in [-0.1, -0.05) is 140 Å². The number of benzene rings is 7. The predicted octanol–water partition coefficient (Wildman–Crippen LogP) is 11.7. The molecule has 7 aromatic carbocycles. The second kappa shape index (κ2) is 11.4. The SMILES string of the molecule is c1ccc(-c2nc(-c3ccccc3)nc(-c3cccc(-c4cccc(-c5cccc6c5ccc5sc7ccccc7c56)c4)c3)n2)cc1. The highest BCUT2D eigenvalue weighted by Gasteiger charge is 2.14. The minimum atomic E-state index is 0.650. The summed E-state index contributed by atoms with van der Waals surface area (Å²) in [6, 6.07) is 57.5. The summed E-state index contributed by atoms with van der Waals surface area (Å²) in [4.78, 5) is 14.8. The van der Waals surface area contributed by atoms with Gasteiger partial charge in [0.15, 0.2) is 17.5 Å². The first kappa shape index (κ1) is 27.3. The van der Waals surface area contributed by atoms with Gasteiger partial charge in [0.2, 0.25) is 0 Å². The Balaban J connectivity index is 1.15. The van der Waals surface area contributed by atoms with Crippen molar-refractivity contribution in [2.45, 2.75) is 0 Å². The average Bonchev–Trinajstić information content (AvgIpc) is 3.55. The molecule has 0 radical (unpaired) electrons. The summed E-state index contributed by atoms with van der Waals surface area (Å²) in [5.74, 6) is 1.97. The van der Waals surface area contributed by atoms with Gasteiger partial charge in [-0.3, -0.25) is 0 Å². The summed E-state index contributed by atoms with van der Waals surface area (Å²) in [5.41, 5.74) is 7.54. The highest BCUT2D eigenvalue weighted by molar-refractivity contribution is 7.26. The van der Waals surface area contributed by atoms with Gasteiger partial charge < -0.3 is 0 Å². The van der Waals surface area contributed by atoms with Crippen molar-refractivity contribution in [3.63, 3.8) is 0 Å². The van der Waals surface area contributed by atoms with Gasteiger partial charge >= 0.3 is 0 Å². The molecule has 9 rings (SSSR count). The summed E-state index contributed by atoms with van der Waals surface area (Å²) in [5, 5.41) is 5.23. The molecule has 0 amide bonds. The molecule has 220 valence electrons. The lowest BCUT2D eigenvalue weighted by atomic mass is 9.93. The molecule has 9 aromatic rings. The van der Waals surface area contributed by atoms with Gasteiger partial charge in [-0.15, -0.1) is 11.3 Å². The monoisotopic (exact) mass is 617 g/mol. The van der Waals surface area contributed by atoms with Crippen molar-refractivity contribution in [3.05, 3.63) is 164 Å². The summed E-state index contributed by atoms with van der Waals surface area (Å²) in [6.07, 6.45) is 0. The van der Waals surface area contributed by atoms with Crippen LogP contribution in [0, 0.1) is 0 Å². The van der Waals surface area contributed by atoms with Gasteiger partial charge in [0, 0.05) is 36.9 Å². The van der Waals surface area contributed by atoms with Crippen LogP contribution in [0.15, 0.2) is 164 Å². The molecule has 0 saturated heterocycles. The number of aromatic nitrogens is 3. The van der Waals surface area contributed by atoms with Crippen molar-refractivity contribution in [2.24, 2.45) is 0 Å². The summed E-state index contributed by atoms with van der Waals surface area (Å²) < 4.78 is 2.65. The molecule has 3 nitrogen and oxygen atoms in total. The van der Waals surface area contributed by atoms with Crippen LogP contribution in [0.2, 0.25) is 0 Å². The van der Waals surface area contributed by atoms with Crippen LogP contribution in [0.5, 0.6) is 0 Å². The molecule has 0 saturated carbocycles. The Kier molecular flexibility index (Phi) is 6.65. The topological polar surface area (TPSA) is 38.7 Å². The van der Waals surface area contributed by atoms with Gasteiger partial charge in [0.05, 0.1) is 0 Å². The molecule has 0 spiro atoms. The van der Waals surface area contributed by atoms with Crippen molar-refractivity contribution in [1.82, 2.24) is 15.0 Å². The largest absolute Gasteiger partial charge is 0.208 e. The number of rotatable bonds is 5. The van der Waals surface area contributed by atoms with Crippen LogP contribution in [0.1, 0.15) is 0 Å². The lowest BCUT2D eigenvalue weighted by Gasteiger charge is -2.12. The minimum absolute atomic E-state index is 0.650. The van der Waals surface area contributed by atoms with Crippen LogP contribution in [-0.2, 0) is 0 Å². The Labute approximate surface area is 276 Å². The second-order valence-corrected chi connectivity index (χ2v) is 12.7. The number of thiophene rings is 1. The zero-order valence-corrected chi connectivity index (χ0v) is 26.2. The molecule has 0 bridgehead atoms. The minimum Gasteiger partial charge on any atom is -0.208 e.